The summed E-state index contributed by atoms with van der Waals surface area (Å²) in [7, 11) is 0. The van der Waals surface area contributed by atoms with Gasteiger partial charge >= 0.3 is 0 Å². The number of carbonyl (C=O) groups is 1. The van der Waals surface area contributed by atoms with Gasteiger partial charge in [0.25, 0.3) is 11.5 Å². The number of thiazole rings is 1. The van der Waals surface area contributed by atoms with Crippen molar-refractivity contribution in [3.05, 3.63) is 75.8 Å². The molecular weight excluding hydrogens is 415 g/mol. The van der Waals surface area contributed by atoms with Crippen LogP contribution in [0.1, 0.15) is 13.0 Å². The van der Waals surface area contributed by atoms with Gasteiger partial charge in [-0.3, -0.25) is 9.59 Å². The Balaban J connectivity index is 1.59. The normalized spacial score (nSPS) is 12.1. The van der Waals surface area contributed by atoms with E-state index in [1.165, 1.54) is 35.6 Å². The van der Waals surface area contributed by atoms with Gasteiger partial charge in [-0.1, -0.05) is 22.9 Å². The van der Waals surface area contributed by atoms with Crippen LogP contribution in [0.15, 0.2) is 59.4 Å². The molecule has 0 fully saturated rings. The summed E-state index contributed by atoms with van der Waals surface area (Å²) in [6.07, 6.45) is 0. The fraction of sp³-hybridized carbons (Fsp3) is 0.100. The number of halogens is 2. The van der Waals surface area contributed by atoms with Crippen molar-refractivity contribution < 1.29 is 9.18 Å². The molecule has 4 rings (SSSR count). The van der Waals surface area contributed by atoms with Crippen LogP contribution < -0.4 is 10.9 Å². The average Bonchev–Trinajstić information content (AvgIpc) is 3.09. The van der Waals surface area contributed by atoms with Crippen molar-refractivity contribution in [1.82, 2.24) is 14.8 Å². The predicted molar refractivity (Wildman–Crippen MR) is 112 cm³/mol. The number of hydrogen-bond donors (Lipinski definition) is 1. The Labute approximate surface area is 173 Å². The van der Waals surface area contributed by atoms with E-state index in [9.17, 15) is 14.0 Å². The number of benzene rings is 2. The van der Waals surface area contributed by atoms with Crippen LogP contribution in [0, 0.1) is 5.82 Å². The van der Waals surface area contributed by atoms with Gasteiger partial charge in [-0.2, -0.15) is 5.10 Å². The first kappa shape index (κ1) is 19.2. The summed E-state index contributed by atoms with van der Waals surface area (Å²) in [5, 5.41) is 7.98. The minimum absolute atomic E-state index is 0.369. The zero-order valence-electron chi connectivity index (χ0n) is 15.1. The Morgan fingerprint density at radius 1 is 1.17 bits per heavy atom. The van der Waals surface area contributed by atoms with Crippen LogP contribution in [0.5, 0.6) is 0 Å². The van der Waals surface area contributed by atoms with Crippen LogP contribution in [-0.2, 0) is 4.79 Å². The highest BCUT2D eigenvalue weighted by atomic mass is 35.5. The van der Waals surface area contributed by atoms with Gasteiger partial charge in [-0.25, -0.2) is 14.1 Å². The Morgan fingerprint density at radius 3 is 2.69 bits per heavy atom. The van der Waals surface area contributed by atoms with Gasteiger partial charge in [0, 0.05) is 16.7 Å². The summed E-state index contributed by atoms with van der Waals surface area (Å²) in [5.74, 6) is -0.798. The summed E-state index contributed by atoms with van der Waals surface area (Å²) in [4.78, 5) is 29.3. The van der Waals surface area contributed by atoms with Crippen LogP contribution in [0.25, 0.3) is 21.5 Å². The number of anilines is 1. The topological polar surface area (TPSA) is 76.9 Å². The smallest absolute Gasteiger partial charge is 0.267 e. The molecule has 0 spiro atoms. The maximum Gasteiger partial charge on any atom is 0.267 e. The highest BCUT2D eigenvalue weighted by Gasteiger charge is 2.19. The third-order valence-electron chi connectivity index (χ3n) is 4.29. The van der Waals surface area contributed by atoms with E-state index in [0.717, 1.165) is 14.9 Å². The van der Waals surface area contributed by atoms with E-state index in [2.05, 4.69) is 15.4 Å². The highest BCUT2D eigenvalue weighted by Crippen LogP contribution is 2.28. The van der Waals surface area contributed by atoms with Gasteiger partial charge in [0.15, 0.2) is 5.13 Å². The van der Waals surface area contributed by atoms with Crippen LogP contribution in [0.3, 0.4) is 0 Å². The second-order valence-corrected chi connectivity index (χ2v) is 7.77. The zero-order chi connectivity index (χ0) is 20.5. The summed E-state index contributed by atoms with van der Waals surface area (Å²) in [6.45, 7) is 1.57. The number of amides is 1. The quantitative estimate of drug-likeness (QED) is 0.518. The van der Waals surface area contributed by atoms with E-state index in [4.69, 9.17) is 11.6 Å². The minimum Gasteiger partial charge on any atom is -0.300 e. The molecule has 0 saturated carbocycles. The molecule has 9 heteroatoms. The molecule has 0 aliphatic carbocycles. The molecule has 2 aromatic heterocycles. The molecule has 0 aliphatic heterocycles. The van der Waals surface area contributed by atoms with Gasteiger partial charge < -0.3 is 5.32 Å². The molecule has 29 heavy (non-hydrogen) atoms. The van der Waals surface area contributed by atoms with E-state index in [1.807, 2.05) is 0 Å². The molecule has 1 amide bonds. The van der Waals surface area contributed by atoms with E-state index < -0.39 is 17.5 Å². The number of rotatable bonds is 4. The molecule has 0 saturated heterocycles. The zero-order valence-corrected chi connectivity index (χ0v) is 16.7. The van der Waals surface area contributed by atoms with E-state index in [-0.39, 0.29) is 5.82 Å². The maximum atomic E-state index is 13.1. The van der Waals surface area contributed by atoms with Gasteiger partial charge in [0.2, 0.25) is 0 Å². The fourth-order valence-corrected chi connectivity index (χ4v) is 3.90. The lowest BCUT2D eigenvalue weighted by Gasteiger charge is -2.14. The Kier molecular flexibility index (Phi) is 5.12. The largest absolute Gasteiger partial charge is 0.300 e. The number of nitrogens with zero attached hydrogens (tertiary/aromatic N) is 3. The van der Waals surface area contributed by atoms with Crippen LogP contribution in [-0.4, -0.2) is 20.7 Å². The van der Waals surface area contributed by atoms with Gasteiger partial charge in [0.1, 0.15) is 11.9 Å². The van der Waals surface area contributed by atoms with Crippen molar-refractivity contribution in [1.29, 1.82) is 0 Å². The van der Waals surface area contributed by atoms with Gasteiger partial charge in [-0.15, -0.1) is 0 Å². The summed E-state index contributed by atoms with van der Waals surface area (Å²) in [5.41, 5.74) is 1.39. The van der Waals surface area contributed by atoms with Crippen molar-refractivity contribution in [3.63, 3.8) is 0 Å². The predicted octanol–water partition coefficient (Wildman–Crippen LogP) is 4.51. The number of nitrogens with one attached hydrogen (secondary N) is 1. The van der Waals surface area contributed by atoms with Crippen LogP contribution >= 0.6 is 22.9 Å². The third kappa shape index (κ3) is 4.03. The van der Waals surface area contributed by atoms with Gasteiger partial charge in [-0.05, 0) is 55.5 Å². The highest BCUT2D eigenvalue weighted by molar-refractivity contribution is 7.22. The average molecular weight is 429 g/mol. The van der Waals surface area contributed by atoms with Crippen molar-refractivity contribution >= 4 is 44.2 Å². The van der Waals surface area contributed by atoms with Crippen LogP contribution in [0.2, 0.25) is 5.02 Å². The number of carbonyl (C=O) groups excluding carboxylic acids is 1. The lowest BCUT2D eigenvalue weighted by atomic mass is 10.1. The molecule has 1 N–H and O–H groups in total. The lowest BCUT2D eigenvalue weighted by molar-refractivity contribution is -0.119. The van der Waals surface area contributed by atoms with Gasteiger partial charge in [0.05, 0.1) is 15.9 Å². The molecule has 6 nitrogen and oxygen atoms in total. The third-order valence-corrected chi connectivity index (χ3v) is 5.46. The summed E-state index contributed by atoms with van der Waals surface area (Å²) < 4.78 is 15.1. The first-order chi connectivity index (χ1) is 13.9. The minimum atomic E-state index is -0.876. The first-order valence-corrected chi connectivity index (χ1v) is 9.83. The molecule has 0 bridgehead atoms. The second-order valence-electron chi connectivity index (χ2n) is 6.30. The summed E-state index contributed by atoms with van der Waals surface area (Å²) in [6, 6.07) is 13.0. The molecule has 1 atom stereocenters. The first-order valence-electron chi connectivity index (χ1n) is 8.63. The molecule has 0 unspecified atom stereocenters. The van der Waals surface area contributed by atoms with Crippen molar-refractivity contribution in [2.75, 3.05) is 5.32 Å². The number of aromatic nitrogens is 3. The van der Waals surface area contributed by atoms with E-state index >= 15 is 0 Å². The molecule has 0 aliphatic rings. The maximum absolute atomic E-state index is 13.1. The molecule has 2 aromatic carbocycles. The van der Waals surface area contributed by atoms with E-state index in [0.29, 0.717) is 21.4 Å². The fourth-order valence-electron chi connectivity index (χ4n) is 2.75. The standard InChI is InChI=1S/C20H14ClFN4O2S/c1-11(19(28)24-20-23-16-7-4-13(21)10-17(16)29-20)26-18(27)9-8-15(25-26)12-2-5-14(22)6-3-12/h2-11H,1H3,(H,23,24,28)/t11-/m1/s1. The van der Waals surface area contributed by atoms with Crippen molar-refractivity contribution in [2.45, 2.75) is 13.0 Å². The van der Waals surface area contributed by atoms with Crippen LogP contribution in [0.4, 0.5) is 9.52 Å². The van der Waals surface area contributed by atoms with Crippen molar-refractivity contribution in [3.8, 4) is 11.3 Å². The number of fused-ring (bicyclic) bond motifs is 1. The molecule has 146 valence electrons. The lowest BCUT2D eigenvalue weighted by Crippen LogP contribution is -2.33. The SMILES string of the molecule is C[C@H](C(=O)Nc1nc2ccc(Cl)cc2s1)n1nc(-c2ccc(F)cc2)ccc1=O. The summed E-state index contributed by atoms with van der Waals surface area (Å²) >= 11 is 7.27. The molecule has 4 aromatic rings. The van der Waals surface area contributed by atoms with E-state index in [1.54, 1.807) is 37.3 Å². The Bertz CT molecular complexity index is 1270. The molecule has 2 heterocycles. The Morgan fingerprint density at radius 2 is 1.93 bits per heavy atom. The monoisotopic (exact) mass is 428 g/mol. The molecule has 0 radical (unpaired) electrons. The van der Waals surface area contributed by atoms with Crippen molar-refractivity contribution in [2.24, 2.45) is 0 Å². The number of hydrogen-bond acceptors (Lipinski definition) is 5. The Hall–Kier alpha value is -3.10. The second kappa shape index (κ2) is 7.73. The molecular formula is C20H14ClFN4O2S.